The zero-order valence-electron chi connectivity index (χ0n) is 13.5. The first kappa shape index (κ1) is 15.0. The van der Waals surface area contributed by atoms with E-state index in [0.717, 1.165) is 47.0 Å². The van der Waals surface area contributed by atoms with E-state index in [-0.39, 0.29) is 11.0 Å². The van der Waals surface area contributed by atoms with Gasteiger partial charge in [0.15, 0.2) is 5.16 Å². The van der Waals surface area contributed by atoms with Gasteiger partial charge in [-0.15, -0.1) is 0 Å². The van der Waals surface area contributed by atoms with Gasteiger partial charge in [-0.3, -0.25) is 4.79 Å². The largest absolute Gasteiger partial charge is 0.301 e. The summed E-state index contributed by atoms with van der Waals surface area (Å²) in [5.41, 5.74) is 4.49. The van der Waals surface area contributed by atoms with Gasteiger partial charge in [-0.05, 0) is 30.6 Å². The van der Waals surface area contributed by atoms with Crippen LogP contribution >= 0.6 is 11.8 Å². The second kappa shape index (κ2) is 5.82. The van der Waals surface area contributed by atoms with Crippen molar-refractivity contribution in [3.8, 4) is 11.3 Å². The van der Waals surface area contributed by atoms with Crippen molar-refractivity contribution in [3.05, 3.63) is 45.7 Å². The van der Waals surface area contributed by atoms with Gasteiger partial charge < -0.3 is 4.98 Å². The first-order valence-corrected chi connectivity index (χ1v) is 9.58. The summed E-state index contributed by atoms with van der Waals surface area (Å²) in [7, 11) is 0. The number of thioether (sulfide) groups is 1. The van der Waals surface area contributed by atoms with Crippen molar-refractivity contribution >= 4 is 11.8 Å². The average Bonchev–Trinajstić information content (AvgIpc) is 2.55. The molecule has 4 heteroatoms. The molecule has 1 N–H and O–H groups in total. The Balaban J connectivity index is 1.97. The maximum atomic E-state index is 12.9. The molecule has 1 heterocycles. The minimum absolute atomic E-state index is 0.00205. The molecule has 1 spiro atoms. The molecular formula is C19H22N2OS. The smallest absolute Gasteiger partial charge is 0.255 e. The van der Waals surface area contributed by atoms with Gasteiger partial charge in [0.1, 0.15) is 0 Å². The highest BCUT2D eigenvalue weighted by Crippen LogP contribution is 2.48. The lowest BCUT2D eigenvalue weighted by atomic mass is 9.62. The highest BCUT2D eigenvalue weighted by Gasteiger charge is 2.42. The number of nitrogens with zero attached hydrogens (tertiary/aromatic N) is 1. The number of benzene rings is 1. The Labute approximate surface area is 140 Å². The van der Waals surface area contributed by atoms with E-state index in [1.165, 1.54) is 24.8 Å². The van der Waals surface area contributed by atoms with Crippen LogP contribution in [-0.4, -0.2) is 15.7 Å². The molecule has 23 heavy (non-hydrogen) atoms. The van der Waals surface area contributed by atoms with Crippen molar-refractivity contribution < 1.29 is 0 Å². The van der Waals surface area contributed by atoms with Gasteiger partial charge in [-0.1, -0.05) is 62.2 Å². The van der Waals surface area contributed by atoms with E-state index >= 15 is 0 Å². The van der Waals surface area contributed by atoms with Crippen LogP contribution in [0.25, 0.3) is 11.3 Å². The molecule has 1 aromatic heterocycles. The van der Waals surface area contributed by atoms with Crippen molar-refractivity contribution in [2.24, 2.45) is 0 Å². The molecule has 1 saturated carbocycles. The Morgan fingerprint density at radius 2 is 2.00 bits per heavy atom. The molecule has 0 amide bonds. The van der Waals surface area contributed by atoms with E-state index in [1.807, 2.05) is 0 Å². The van der Waals surface area contributed by atoms with Crippen molar-refractivity contribution in [1.82, 2.24) is 9.97 Å². The fourth-order valence-electron chi connectivity index (χ4n) is 4.36. The molecule has 1 fully saturated rings. The maximum Gasteiger partial charge on any atom is 0.255 e. The van der Waals surface area contributed by atoms with E-state index in [2.05, 4.69) is 36.2 Å². The van der Waals surface area contributed by atoms with Crippen LogP contribution in [0.3, 0.4) is 0 Å². The topological polar surface area (TPSA) is 45.8 Å². The summed E-state index contributed by atoms with van der Waals surface area (Å²) in [6.45, 7) is 2.08. The Bertz CT molecular complexity index is 790. The Kier molecular flexibility index (Phi) is 3.80. The summed E-state index contributed by atoms with van der Waals surface area (Å²) < 4.78 is 0. The zero-order valence-corrected chi connectivity index (χ0v) is 14.3. The third-order valence-corrected chi connectivity index (χ3v) is 6.08. The monoisotopic (exact) mass is 326 g/mol. The van der Waals surface area contributed by atoms with Gasteiger partial charge >= 0.3 is 0 Å². The Hall–Kier alpha value is -1.55. The minimum Gasteiger partial charge on any atom is -0.301 e. The normalized spacial score (nSPS) is 18.5. The van der Waals surface area contributed by atoms with Crippen LogP contribution in [0.5, 0.6) is 0 Å². The van der Waals surface area contributed by atoms with Crippen LogP contribution in [0.2, 0.25) is 0 Å². The molecule has 3 nitrogen and oxygen atoms in total. The first-order valence-electron chi connectivity index (χ1n) is 8.59. The van der Waals surface area contributed by atoms with Crippen LogP contribution in [0, 0.1) is 0 Å². The fraction of sp³-hybridized carbons (Fsp3) is 0.474. The predicted octanol–water partition coefficient (Wildman–Crippen LogP) is 4.31. The molecule has 0 aliphatic heterocycles. The van der Waals surface area contributed by atoms with E-state index in [9.17, 15) is 4.79 Å². The molecule has 120 valence electrons. The highest BCUT2D eigenvalue weighted by atomic mass is 32.2. The van der Waals surface area contributed by atoms with Crippen molar-refractivity contribution in [3.63, 3.8) is 0 Å². The summed E-state index contributed by atoms with van der Waals surface area (Å²) >= 11 is 1.61. The van der Waals surface area contributed by atoms with Gasteiger partial charge in [0.25, 0.3) is 5.56 Å². The lowest BCUT2D eigenvalue weighted by Crippen LogP contribution is -2.40. The maximum absolute atomic E-state index is 12.9. The van der Waals surface area contributed by atoms with Gasteiger partial charge in [-0.25, -0.2) is 4.98 Å². The number of aromatic amines is 1. The van der Waals surface area contributed by atoms with Crippen molar-refractivity contribution in [2.75, 3.05) is 5.75 Å². The number of hydrogen-bond donors (Lipinski definition) is 1. The number of H-pyrrole nitrogens is 1. The molecule has 2 aromatic rings. The molecule has 2 aliphatic carbocycles. The molecule has 0 saturated heterocycles. The third kappa shape index (κ3) is 2.44. The van der Waals surface area contributed by atoms with Crippen LogP contribution in [0.1, 0.15) is 50.2 Å². The van der Waals surface area contributed by atoms with Gasteiger partial charge in [0, 0.05) is 11.0 Å². The molecular weight excluding hydrogens is 304 g/mol. The second-order valence-electron chi connectivity index (χ2n) is 6.70. The lowest BCUT2D eigenvalue weighted by molar-refractivity contribution is 0.284. The van der Waals surface area contributed by atoms with Crippen LogP contribution in [-0.2, 0) is 11.8 Å². The summed E-state index contributed by atoms with van der Waals surface area (Å²) in [5.74, 6) is 0.911. The predicted molar refractivity (Wildman–Crippen MR) is 95.2 cm³/mol. The van der Waals surface area contributed by atoms with Crippen LogP contribution in [0.15, 0.2) is 34.2 Å². The molecule has 0 radical (unpaired) electrons. The second-order valence-corrected chi connectivity index (χ2v) is 7.96. The fourth-order valence-corrected chi connectivity index (χ4v) is 4.95. The van der Waals surface area contributed by atoms with E-state index in [0.29, 0.717) is 0 Å². The van der Waals surface area contributed by atoms with E-state index < -0.39 is 0 Å². The van der Waals surface area contributed by atoms with Gasteiger partial charge in [0.2, 0.25) is 0 Å². The Morgan fingerprint density at radius 1 is 1.22 bits per heavy atom. The van der Waals surface area contributed by atoms with Crippen molar-refractivity contribution in [1.29, 1.82) is 0 Å². The highest BCUT2D eigenvalue weighted by molar-refractivity contribution is 7.99. The molecule has 2 aliphatic rings. The summed E-state index contributed by atoms with van der Waals surface area (Å²) in [6, 6.07) is 8.49. The number of rotatable bonds is 2. The standard InChI is InChI=1S/C19H22N2OS/c1-2-23-18-20-16-14-9-5-4-8-13(14)12-19(10-6-3-7-11-19)15(16)17(22)21-18/h4-5,8-9H,2-3,6-7,10-12H2,1H3,(H,20,21,22). The Morgan fingerprint density at radius 3 is 2.78 bits per heavy atom. The zero-order chi connectivity index (χ0) is 15.9. The van der Waals surface area contributed by atoms with E-state index in [4.69, 9.17) is 4.98 Å². The summed E-state index contributed by atoms with van der Waals surface area (Å²) in [4.78, 5) is 20.8. The van der Waals surface area contributed by atoms with Crippen molar-refractivity contribution in [2.45, 2.75) is 56.0 Å². The van der Waals surface area contributed by atoms with Gasteiger partial charge in [-0.2, -0.15) is 0 Å². The molecule has 0 bridgehead atoms. The number of hydrogen-bond acceptors (Lipinski definition) is 3. The summed E-state index contributed by atoms with van der Waals surface area (Å²) in [5, 5.41) is 0.749. The number of aromatic nitrogens is 2. The third-order valence-electron chi connectivity index (χ3n) is 5.32. The number of fused-ring (bicyclic) bond motifs is 4. The van der Waals surface area contributed by atoms with Crippen LogP contribution in [0.4, 0.5) is 0 Å². The summed E-state index contributed by atoms with van der Waals surface area (Å²) in [6.07, 6.45) is 6.92. The quantitative estimate of drug-likeness (QED) is 0.661. The average molecular weight is 326 g/mol. The lowest BCUT2D eigenvalue weighted by Gasteiger charge is -2.41. The van der Waals surface area contributed by atoms with Crippen LogP contribution < -0.4 is 5.56 Å². The van der Waals surface area contributed by atoms with E-state index in [1.54, 1.807) is 11.8 Å². The SMILES string of the molecule is CCSc1nc2c(c(=O)[nH]1)C1(CCCCC1)Cc1ccccc1-2. The molecule has 1 aromatic carbocycles. The first-order chi connectivity index (χ1) is 11.2. The molecule has 4 rings (SSSR count). The van der Waals surface area contributed by atoms with Gasteiger partial charge in [0.05, 0.1) is 11.3 Å². The minimum atomic E-state index is -0.00205. The number of nitrogens with one attached hydrogen (secondary N) is 1. The molecule has 0 unspecified atom stereocenters. The molecule has 0 atom stereocenters.